The minimum atomic E-state index is -0.381. The average Bonchev–Trinajstić information content (AvgIpc) is 2.27. The summed E-state index contributed by atoms with van der Waals surface area (Å²) < 4.78 is 5.31. The van der Waals surface area contributed by atoms with Crippen LogP contribution in [0, 0.1) is 0 Å². The summed E-state index contributed by atoms with van der Waals surface area (Å²) in [7, 11) is 3.41. The third kappa shape index (κ3) is 7.87. The molecule has 0 bridgehead atoms. The Hall–Kier alpha value is -1.32. The molecule has 0 fully saturated rings. The van der Waals surface area contributed by atoms with Gasteiger partial charge >= 0.3 is 5.97 Å². The molecule has 0 heterocycles. The quantitative estimate of drug-likeness (QED) is 0.399. The second-order valence-corrected chi connectivity index (χ2v) is 5.11. The summed E-state index contributed by atoms with van der Waals surface area (Å²) in [4.78, 5) is 24.2. The monoisotopic (exact) mass is 255 g/mol. The van der Waals surface area contributed by atoms with E-state index in [1.165, 1.54) is 11.0 Å². The molecule has 4 heteroatoms. The topological polar surface area (TPSA) is 46.6 Å². The number of ether oxygens (including phenoxy) is 1. The van der Waals surface area contributed by atoms with Crippen molar-refractivity contribution in [3.8, 4) is 0 Å². The van der Waals surface area contributed by atoms with Crippen molar-refractivity contribution < 1.29 is 14.3 Å². The Bertz CT molecular complexity index is 306. The Morgan fingerprint density at radius 2 is 1.89 bits per heavy atom. The van der Waals surface area contributed by atoms with Crippen LogP contribution in [0.15, 0.2) is 12.2 Å². The van der Waals surface area contributed by atoms with Crippen LogP contribution in [0.4, 0.5) is 0 Å². The molecule has 0 rings (SSSR count). The van der Waals surface area contributed by atoms with E-state index in [-0.39, 0.29) is 17.5 Å². The number of rotatable bonds is 7. The number of esters is 1. The molecule has 0 aliphatic rings. The predicted molar refractivity (Wildman–Crippen MR) is 72.1 cm³/mol. The van der Waals surface area contributed by atoms with E-state index in [0.29, 0.717) is 19.3 Å². The number of nitrogens with zero attached hydrogens (tertiary/aromatic N) is 1. The van der Waals surface area contributed by atoms with E-state index in [9.17, 15) is 9.59 Å². The normalized spacial score (nSPS) is 11.6. The van der Waals surface area contributed by atoms with E-state index < -0.39 is 0 Å². The smallest absolute Gasteiger partial charge is 0.306 e. The van der Waals surface area contributed by atoms with Gasteiger partial charge in [-0.25, -0.2) is 0 Å². The van der Waals surface area contributed by atoms with Crippen molar-refractivity contribution in [1.82, 2.24) is 4.90 Å². The first-order valence-corrected chi connectivity index (χ1v) is 6.38. The molecule has 0 aromatic heterocycles. The zero-order valence-corrected chi connectivity index (χ0v) is 12.2. The summed E-state index contributed by atoms with van der Waals surface area (Å²) in [6.45, 7) is 5.80. The van der Waals surface area contributed by atoms with Gasteiger partial charge in [0.05, 0.1) is 0 Å². The molecule has 0 spiro atoms. The minimum Gasteiger partial charge on any atom is -0.460 e. The van der Waals surface area contributed by atoms with Gasteiger partial charge in [0.25, 0.3) is 0 Å². The maximum Gasteiger partial charge on any atom is 0.306 e. The summed E-state index contributed by atoms with van der Waals surface area (Å²) in [6, 6.07) is 0. The largest absolute Gasteiger partial charge is 0.460 e. The lowest BCUT2D eigenvalue weighted by Gasteiger charge is -2.23. The van der Waals surface area contributed by atoms with Gasteiger partial charge in [0.15, 0.2) is 0 Å². The van der Waals surface area contributed by atoms with Crippen LogP contribution in [0.3, 0.4) is 0 Å². The van der Waals surface area contributed by atoms with Gasteiger partial charge in [-0.1, -0.05) is 13.0 Å². The number of hydrogen-bond donors (Lipinski definition) is 0. The Balaban J connectivity index is 3.80. The lowest BCUT2D eigenvalue weighted by molar-refractivity contribution is -0.156. The van der Waals surface area contributed by atoms with Crippen molar-refractivity contribution in [3.05, 3.63) is 12.2 Å². The molecule has 0 N–H and O–H groups in total. The molecule has 0 aliphatic heterocycles. The zero-order valence-electron chi connectivity index (χ0n) is 12.2. The highest BCUT2D eigenvalue weighted by atomic mass is 16.6. The Morgan fingerprint density at radius 1 is 1.28 bits per heavy atom. The molecule has 0 aromatic carbocycles. The second-order valence-electron chi connectivity index (χ2n) is 5.11. The van der Waals surface area contributed by atoms with Crippen LogP contribution in [0.5, 0.6) is 0 Å². The molecule has 0 aliphatic carbocycles. The van der Waals surface area contributed by atoms with Gasteiger partial charge in [0, 0.05) is 20.5 Å². The van der Waals surface area contributed by atoms with Gasteiger partial charge in [0.1, 0.15) is 5.60 Å². The molecule has 0 saturated carbocycles. The summed E-state index contributed by atoms with van der Waals surface area (Å²) in [6.07, 6.45) is 5.93. The molecule has 0 unspecified atom stereocenters. The van der Waals surface area contributed by atoms with Gasteiger partial charge in [-0.15, -0.1) is 0 Å². The molecule has 1 amide bonds. The number of likely N-dealkylation sites (N-methyl/N-ethyl adjacent to an activating group) is 1. The van der Waals surface area contributed by atoms with Crippen LogP contribution >= 0.6 is 0 Å². The molecular formula is C14H25NO3. The molecule has 104 valence electrons. The molecule has 0 radical (unpaired) electrons. The van der Waals surface area contributed by atoms with Crippen LogP contribution in [0.25, 0.3) is 0 Å². The SMILES string of the molecule is CCC(C)(C)OC(=O)CCC/C=C/C(=O)N(C)C. The van der Waals surface area contributed by atoms with Gasteiger partial charge < -0.3 is 9.64 Å². The first kappa shape index (κ1) is 16.7. The first-order chi connectivity index (χ1) is 8.28. The maximum absolute atomic E-state index is 11.5. The number of unbranched alkanes of at least 4 members (excludes halogenated alkanes) is 1. The zero-order chi connectivity index (χ0) is 14.2. The number of carbonyl (C=O) groups is 2. The van der Waals surface area contributed by atoms with Crippen LogP contribution < -0.4 is 0 Å². The molecule has 18 heavy (non-hydrogen) atoms. The Morgan fingerprint density at radius 3 is 2.39 bits per heavy atom. The van der Waals surface area contributed by atoms with Crippen molar-refractivity contribution in [3.63, 3.8) is 0 Å². The standard InChI is InChI=1S/C14H25NO3/c1-6-14(2,3)18-13(17)11-9-7-8-10-12(16)15(4)5/h8,10H,6-7,9,11H2,1-5H3/b10-8+. The van der Waals surface area contributed by atoms with Crippen LogP contribution in [0.2, 0.25) is 0 Å². The molecule has 0 saturated heterocycles. The minimum absolute atomic E-state index is 0.0373. The van der Waals surface area contributed by atoms with E-state index in [0.717, 1.165) is 6.42 Å². The average molecular weight is 255 g/mol. The van der Waals surface area contributed by atoms with Gasteiger partial charge in [-0.2, -0.15) is 0 Å². The maximum atomic E-state index is 11.5. The first-order valence-electron chi connectivity index (χ1n) is 6.38. The van der Waals surface area contributed by atoms with Gasteiger partial charge in [-0.05, 0) is 39.2 Å². The Kier molecular flexibility index (Phi) is 7.32. The van der Waals surface area contributed by atoms with Crippen molar-refractivity contribution in [2.75, 3.05) is 14.1 Å². The predicted octanol–water partition coefficient (Wildman–Crippen LogP) is 2.53. The van der Waals surface area contributed by atoms with E-state index in [1.807, 2.05) is 20.8 Å². The van der Waals surface area contributed by atoms with Crippen LogP contribution in [-0.2, 0) is 14.3 Å². The van der Waals surface area contributed by atoms with Gasteiger partial charge in [-0.3, -0.25) is 9.59 Å². The number of amides is 1. The summed E-state index contributed by atoms with van der Waals surface area (Å²) >= 11 is 0. The van der Waals surface area contributed by atoms with Gasteiger partial charge in [0.2, 0.25) is 5.91 Å². The fourth-order valence-corrected chi connectivity index (χ4v) is 1.13. The third-order valence-electron chi connectivity index (χ3n) is 2.69. The van der Waals surface area contributed by atoms with Crippen molar-refractivity contribution in [2.24, 2.45) is 0 Å². The van der Waals surface area contributed by atoms with Crippen LogP contribution in [0.1, 0.15) is 46.5 Å². The Labute approximate surface area is 110 Å². The number of hydrogen-bond acceptors (Lipinski definition) is 3. The number of carbonyl (C=O) groups excluding carboxylic acids is 2. The van der Waals surface area contributed by atoms with Crippen molar-refractivity contribution in [2.45, 2.75) is 52.1 Å². The molecule has 0 atom stereocenters. The van der Waals surface area contributed by atoms with Crippen molar-refractivity contribution in [1.29, 1.82) is 0 Å². The van der Waals surface area contributed by atoms with Crippen LogP contribution in [-0.4, -0.2) is 36.5 Å². The highest BCUT2D eigenvalue weighted by Crippen LogP contribution is 2.15. The highest BCUT2D eigenvalue weighted by Gasteiger charge is 2.19. The van der Waals surface area contributed by atoms with E-state index in [4.69, 9.17) is 4.74 Å². The lowest BCUT2D eigenvalue weighted by atomic mass is 10.1. The van der Waals surface area contributed by atoms with E-state index >= 15 is 0 Å². The molecule has 4 nitrogen and oxygen atoms in total. The van der Waals surface area contributed by atoms with Crippen molar-refractivity contribution >= 4 is 11.9 Å². The lowest BCUT2D eigenvalue weighted by Crippen LogP contribution is -2.26. The summed E-state index contributed by atoms with van der Waals surface area (Å²) in [5.74, 6) is -0.209. The fourth-order valence-electron chi connectivity index (χ4n) is 1.13. The summed E-state index contributed by atoms with van der Waals surface area (Å²) in [5, 5.41) is 0. The number of allylic oxidation sites excluding steroid dienone is 1. The molecule has 0 aromatic rings. The molecular weight excluding hydrogens is 230 g/mol. The second kappa shape index (κ2) is 7.90. The van der Waals surface area contributed by atoms with E-state index in [1.54, 1.807) is 20.2 Å². The highest BCUT2D eigenvalue weighted by molar-refractivity contribution is 5.87. The summed E-state index contributed by atoms with van der Waals surface area (Å²) in [5.41, 5.74) is -0.381. The van der Waals surface area contributed by atoms with E-state index in [2.05, 4.69) is 0 Å². The fraction of sp³-hybridized carbons (Fsp3) is 0.714. The third-order valence-corrected chi connectivity index (χ3v) is 2.69.